The Morgan fingerprint density at radius 3 is 1.77 bits per heavy atom. The maximum Gasteiger partial charge on any atom is 0.306 e. The van der Waals surface area contributed by atoms with Gasteiger partial charge in [0.05, 0.1) is 6.61 Å². The number of hydrogen-bond donors (Lipinski definition) is 0. The van der Waals surface area contributed by atoms with Crippen LogP contribution in [0.2, 0.25) is 0 Å². The van der Waals surface area contributed by atoms with Crippen molar-refractivity contribution in [1.82, 2.24) is 4.90 Å². The van der Waals surface area contributed by atoms with E-state index in [2.05, 4.69) is 18.7 Å². The number of unbranched alkanes of at least 4 members (excludes halogenated alkanes) is 14. The van der Waals surface area contributed by atoms with Gasteiger partial charge < -0.3 is 14.4 Å². The molecule has 0 saturated heterocycles. The third-order valence-corrected chi connectivity index (χ3v) is 8.53. The number of rotatable bonds is 29. The van der Waals surface area contributed by atoms with Crippen LogP contribution in [0.5, 0.6) is 0 Å². The quantitative estimate of drug-likeness (QED) is 0.0667. The molecule has 1 fully saturated rings. The third-order valence-electron chi connectivity index (χ3n) is 8.53. The Morgan fingerprint density at radius 2 is 1.18 bits per heavy atom. The molecule has 0 spiro atoms. The molecule has 1 aliphatic carbocycles. The summed E-state index contributed by atoms with van der Waals surface area (Å²) in [4.78, 5) is 26.6. The number of carbonyl (C=O) groups excluding carboxylic acids is 2. The van der Waals surface area contributed by atoms with E-state index in [1.165, 1.54) is 96.3 Å². The van der Waals surface area contributed by atoms with Crippen LogP contribution in [-0.2, 0) is 19.1 Å². The highest BCUT2D eigenvalue weighted by Gasteiger charge is 2.37. The summed E-state index contributed by atoms with van der Waals surface area (Å²) in [6.07, 6.45) is 27.7. The molecule has 3 atom stereocenters. The zero-order chi connectivity index (χ0) is 29.3. The van der Waals surface area contributed by atoms with Crippen molar-refractivity contribution in [3.63, 3.8) is 0 Å². The molecule has 1 aliphatic rings. The first-order chi connectivity index (χ1) is 19.5. The molecule has 0 aliphatic heterocycles. The van der Waals surface area contributed by atoms with Crippen LogP contribution in [-0.4, -0.2) is 50.2 Å². The average Bonchev–Trinajstić information content (AvgIpc) is 3.68. The molecule has 40 heavy (non-hydrogen) atoms. The van der Waals surface area contributed by atoms with Crippen molar-refractivity contribution in [2.75, 3.05) is 27.2 Å². The van der Waals surface area contributed by atoms with Crippen LogP contribution in [0.15, 0.2) is 0 Å². The molecule has 0 aromatic heterocycles. The van der Waals surface area contributed by atoms with Gasteiger partial charge in [0.15, 0.2) is 0 Å². The van der Waals surface area contributed by atoms with Gasteiger partial charge in [0.1, 0.15) is 6.10 Å². The van der Waals surface area contributed by atoms with Crippen molar-refractivity contribution in [1.29, 1.82) is 0 Å². The lowest BCUT2D eigenvalue weighted by molar-refractivity contribution is -0.150. The van der Waals surface area contributed by atoms with Crippen LogP contribution in [0, 0.1) is 11.8 Å². The van der Waals surface area contributed by atoms with E-state index in [1.807, 2.05) is 14.1 Å². The number of esters is 2. The Morgan fingerprint density at radius 1 is 0.650 bits per heavy atom. The van der Waals surface area contributed by atoms with Crippen LogP contribution < -0.4 is 0 Å². The highest BCUT2D eigenvalue weighted by atomic mass is 16.5. The van der Waals surface area contributed by atoms with Gasteiger partial charge >= 0.3 is 11.9 Å². The largest absolute Gasteiger partial charge is 0.465 e. The van der Waals surface area contributed by atoms with Gasteiger partial charge in [0, 0.05) is 12.8 Å². The molecule has 1 rings (SSSR count). The smallest absolute Gasteiger partial charge is 0.306 e. The van der Waals surface area contributed by atoms with Crippen LogP contribution in [0.3, 0.4) is 0 Å². The molecule has 0 N–H and O–H groups in total. The van der Waals surface area contributed by atoms with Gasteiger partial charge in [-0.2, -0.15) is 0 Å². The molecule has 5 nitrogen and oxygen atoms in total. The molecule has 236 valence electrons. The van der Waals surface area contributed by atoms with Crippen molar-refractivity contribution in [3.05, 3.63) is 0 Å². The summed E-state index contributed by atoms with van der Waals surface area (Å²) in [5, 5.41) is 0. The normalized spacial score (nSPS) is 17.2. The Kier molecular flexibility index (Phi) is 23.6. The molecule has 0 aromatic rings. The van der Waals surface area contributed by atoms with Crippen LogP contribution in [0.4, 0.5) is 0 Å². The maximum atomic E-state index is 12.4. The molecule has 0 bridgehead atoms. The molecule has 0 heterocycles. The minimum absolute atomic E-state index is 0.00256. The second kappa shape index (κ2) is 25.6. The van der Waals surface area contributed by atoms with Crippen molar-refractivity contribution in [2.45, 2.75) is 174 Å². The standard InChI is InChI=1S/C35H67NO4/c1-5-7-9-11-12-15-19-24-33(40-35(38)27-22-28-36(3)4)25-20-16-13-14-17-21-26-34(37)39-30-32-29-31(32)23-18-10-8-6-2/h31-33H,5-30H2,1-4H3. The summed E-state index contributed by atoms with van der Waals surface area (Å²) in [6, 6.07) is 0. The van der Waals surface area contributed by atoms with Gasteiger partial charge in [-0.25, -0.2) is 0 Å². The predicted molar refractivity (Wildman–Crippen MR) is 169 cm³/mol. The van der Waals surface area contributed by atoms with Crippen molar-refractivity contribution in [3.8, 4) is 0 Å². The first kappa shape index (κ1) is 36.9. The zero-order valence-corrected chi connectivity index (χ0v) is 27.2. The highest BCUT2D eigenvalue weighted by molar-refractivity contribution is 5.69. The summed E-state index contributed by atoms with van der Waals surface area (Å²) in [5.41, 5.74) is 0. The van der Waals surface area contributed by atoms with Gasteiger partial charge in [-0.1, -0.05) is 110 Å². The van der Waals surface area contributed by atoms with E-state index >= 15 is 0 Å². The van der Waals surface area contributed by atoms with Gasteiger partial charge in [-0.05, 0) is 77.4 Å². The monoisotopic (exact) mass is 566 g/mol. The van der Waals surface area contributed by atoms with Crippen molar-refractivity contribution in [2.24, 2.45) is 11.8 Å². The van der Waals surface area contributed by atoms with Gasteiger partial charge in [-0.3, -0.25) is 9.59 Å². The zero-order valence-electron chi connectivity index (χ0n) is 27.2. The maximum absolute atomic E-state index is 12.4. The lowest BCUT2D eigenvalue weighted by atomic mass is 10.0. The Bertz CT molecular complexity index is 608. The second-order valence-electron chi connectivity index (χ2n) is 12.9. The van der Waals surface area contributed by atoms with Crippen molar-refractivity contribution < 1.29 is 19.1 Å². The van der Waals surface area contributed by atoms with Crippen LogP contribution in [0.25, 0.3) is 0 Å². The first-order valence-corrected chi connectivity index (χ1v) is 17.5. The third kappa shape index (κ3) is 22.6. The Hall–Kier alpha value is -1.10. The number of ether oxygens (including phenoxy) is 2. The molecule has 0 radical (unpaired) electrons. The summed E-state index contributed by atoms with van der Waals surface area (Å²) < 4.78 is 11.5. The van der Waals surface area contributed by atoms with E-state index in [0.717, 1.165) is 57.4 Å². The summed E-state index contributed by atoms with van der Waals surface area (Å²) in [5.74, 6) is 1.42. The molecule has 0 aromatic carbocycles. The number of carbonyl (C=O) groups is 2. The van der Waals surface area contributed by atoms with Gasteiger partial charge in [0.25, 0.3) is 0 Å². The summed E-state index contributed by atoms with van der Waals surface area (Å²) in [7, 11) is 4.08. The first-order valence-electron chi connectivity index (χ1n) is 17.5. The summed E-state index contributed by atoms with van der Waals surface area (Å²) in [6.45, 7) is 6.09. The number of nitrogens with zero attached hydrogens (tertiary/aromatic N) is 1. The van der Waals surface area contributed by atoms with Gasteiger partial charge in [-0.15, -0.1) is 0 Å². The highest BCUT2D eigenvalue weighted by Crippen LogP contribution is 2.42. The van der Waals surface area contributed by atoms with E-state index in [4.69, 9.17) is 9.47 Å². The van der Waals surface area contributed by atoms with Crippen molar-refractivity contribution >= 4 is 11.9 Å². The average molecular weight is 566 g/mol. The predicted octanol–water partition coefficient (Wildman–Crippen LogP) is 9.65. The Labute approximate surface area is 248 Å². The topological polar surface area (TPSA) is 55.8 Å². The van der Waals surface area contributed by atoms with Gasteiger partial charge in [0.2, 0.25) is 0 Å². The molecule has 1 saturated carbocycles. The van der Waals surface area contributed by atoms with E-state index < -0.39 is 0 Å². The van der Waals surface area contributed by atoms with Crippen LogP contribution in [0.1, 0.15) is 168 Å². The minimum atomic E-state index is -0.0224. The van der Waals surface area contributed by atoms with E-state index in [0.29, 0.717) is 25.4 Å². The fourth-order valence-corrected chi connectivity index (χ4v) is 5.70. The fourth-order valence-electron chi connectivity index (χ4n) is 5.70. The minimum Gasteiger partial charge on any atom is -0.465 e. The second-order valence-corrected chi connectivity index (χ2v) is 12.9. The van der Waals surface area contributed by atoms with E-state index in [1.54, 1.807) is 0 Å². The van der Waals surface area contributed by atoms with E-state index in [9.17, 15) is 9.59 Å². The number of hydrogen-bond acceptors (Lipinski definition) is 5. The lowest BCUT2D eigenvalue weighted by Crippen LogP contribution is -2.20. The lowest BCUT2D eigenvalue weighted by Gasteiger charge is -2.18. The molecule has 5 heteroatoms. The molecule has 3 unspecified atom stereocenters. The van der Waals surface area contributed by atoms with Crippen LogP contribution >= 0.6 is 0 Å². The molecule has 0 amide bonds. The fraction of sp³-hybridized carbons (Fsp3) is 0.943. The molecular weight excluding hydrogens is 498 g/mol. The Balaban J connectivity index is 2.09. The molecular formula is C35H67NO4. The SMILES string of the molecule is CCCCCCCCCC(CCCCCCCCC(=O)OCC1CC1CCCCCC)OC(=O)CCCN(C)C. The summed E-state index contributed by atoms with van der Waals surface area (Å²) >= 11 is 0. The van der Waals surface area contributed by atoms with E-state index in [-0.39, 0.29) is 18.0 Å².